The van der Waals surface area contributed by atoms with Crippen LogP contribution in [0.3, 0.4) is 0 Å². The van der Waals surface area contributed by atoms with Crippen LogP contribution in [0.1, 0.15) is 37.2 Å². The summed E-state index contributed by atoms with van der Waals surface area (Å²) in [6, 6.07) is 7.92. The number of methoxy groups -OCH3 is 1. The zero-order chi connectivity index (χ0) is 15.7. The zero-order valence-corrected chi connectivity index (χ0v) is 13.1. The van der Waals surface area contributed by atoms with Crippen LogP contribution in [0.4, 0.5) is 4.79 Å². The van der Waals surface area contributed by atoms with Crippen molar-refractivity contribution in [3.63, 3.8) is 0 Å². The number of likely N-dealkylation sites (N-methyl/N-ethyl adjacent to an activating group) is 1. The second-order valence-electron chi connectivity index (χ2n) is 6.30. The maximum atomic E-state index is 11.2. The minimum Gasteiger partial charge on any atom is -0.497 e. The average Bonchev–Trinajstić information content (AvgIpc) is 3.28. The monoisotopic (exact) mass is 305 g/mol. The second kappa shape index (κ2) is 5.80. The van der Waals surface area contributed by atoms with E-state index < -0.39 is 6.09 Å². The quantitative estimate of drug-likeness (QED) is 0.849. The number of ether oxygens (including phenoxy) is 2. The molecule has 1 aliphatic heterocycles. The van der Waals surface area contributed by atoms with Crippen LogP contribution < -0.4 is 4.74 Å². The fraction of sp³-hybridized carbons (Fsp3) is 0.588. The molecule has 0 radical (unpaired) electrons. The van der Waals surface area contributed by atoms with E-state index in [1.165, 1.54) is 11.3 Å². The molecule has 1 aliphatic carbocycles. The molecule has 5 nitrogen and oxygen atoms in total. The molecular weight excluding hydrogens is 282 g/mol. The highest BCUT2D eigenvalue weighted by Crippen LogP contribution is 2.56. The first-order chi connectivity index (χ1) is 10.6. The van der Waals surface area contributed by atoms with Gasteiger partial charge in [0.1, 0.15) is 11.4 Å². The van der Waals surface area contributed by atoms with Gasteiger partial charge in [0.25, 0.3) is 0 Å². The Morgan fingerprint density at radius 2 is 2.18 bits per heavy atom. The van der Waals surface area contributed by atoms with Crippen molar-refractivity contribution in [2.24, 2.45) is 0 Å². The Bertz CT molecular complexity index is 544. The normalized spacial score (nSPS) is 27.6. The summed E-state index contributed by atoms with van der Waals surface area (Å²) in [5, 5.41) is 9.22. The number of epoxide rings is 1. The molecule has 3 atom stereocenters. The molecule has 1 aromatic carbocycles. The number of benzene rings is 1. The number of hydrogen-bond donors (Lipinski definition) is 1. The van der Waals surface area contributed by atoms with E-state index in [-0.39, 0.29) is 17.6 Å². The molecule has 0 spiro atoms. The van der Waals surface area contributed by atoms with Crippen LogP contribution >= 0.6 is 0 Å². The molecule has 120 valence electrons. The summed E-state index contributed by atoms with van der Waals surface area (Å²) >= 11 is 0. The lowest BCUT2D eigenvalue weighted by atomic mass is 9.76. The largest absolute Gasteiger partial charge is 0.497 e. The molecule has 1 N–H and O–H groups in total. The predicted octanol–water partition coefficient (Wildman–Crippen LogP) is 3.10. The summed E-state index contributed by atoms with van der Waals surface area (Å²) in [7, 11) is 3.26. The molecule has 2 aliphatic rings. The molecule has 3 rings (SSSR count). The molecule has 1 aromatic rings. The maximum absolute atomic E-state index is 11.2. The Labute approximate surface area is 130 Å². The van der Waals surface area contributed by atoms with Crippen LogP contribution in [-0.2, 0) is 4.74 Å². The summed E-state index contributed by atoms with van der Waals surface area (Å²) in [5.41, 5.74) is 0.953. The molecule has 1 amide bonds. The van der Waals surface area contributed by atoms with Gasteiger partial charge in [-0.3, -0.25) is 0 Å². The lowest BCUT2D eigenvalue weighted by Gasteiger charge is -2.30. The molecule has 5 heteroatoms. The van der Waals surface area contributed by atoms with E-state index in [1.54, 1.807) is 14.2 Å². The molecule has 1 heterocycles. The number of carboxylic acid groups (broad SMARTS) is 1. The highest BCUT2D eigenvalue weighted by Gasteiger charge is 2.62. The van der Waals surface area contributed by atoms with Gasteiger partial charge in [-0.2, -0.15) is 0 Å². The number of amides is 1. The number of carbonyl (C=O) groups is 1. The van der Waals surface area contributed by atoms with Crippen LogP contribution in [0, 0.1) is 0 Å². The van der Waals surface area contributed by atoms with E-state index in [1.807, 2.05) is 24.3 Å². The minimum absolute atomic E-state index is 0.0739. The van der Waals surface area contributed by atoms with Gasteiger partial charge in [0.05, 0.1) is 13.2 Å². The van der Waals surface area contributed by atoms with Crippen molar-refractivity contribution >= 4 is 6.09 Å². The standard InChI is InChI=1S/C17H23NO4/c1-18(16(19)20)11-14(12-6-8-13(21-2)9-7-12)17-10-4-3-5-15(17)22-17/h6-9,14-15H,3-5,10-11H2,1-2H3,(H,19,20)/t14-,15?,17?/m0/s1. The van der Waals surface area contributed by atoms with Gasteiger partial charge < -0.3 is 19.5 Å². The fourth-order valence-corrected chi connectivity index (χ4v) is 3.70. The van der Waals surface area contributed by atoms with E-state index in [4.69, 9.17) is 9.47 Å². The summed E-state index contributed by atoms with van der Waals surface area (Å²) in [4.78, 5) is 12.6. The molecule has 2 unspecified atom stereocenters. The topological polar surface area (TPSA) is 62.3 Å². The Morgan fingerprint density at radius 3 is 2.77 bits per heavy atom. The smallest absolute Gasteiger partial charge is 0.407 e. The lowest BCUT2D eigenvalue weighted by molar-refractivity contribution is 0.142. The van der Waals surface area contributed by atoms with Gasteiger partial charge in [-0.1, -0.05) is 25.0 Å². The molecule has 2 fully saturated rings. The van der Waals surface area contributed by atoms with Crippen molar-refractivity contribution in [2.75, 3.05) is 20.7 Å². The van der Waals surface area contributed by atoms with Crippen molar-refractivity contribution in [3.8, 4) is 5.75 Å². The summed E-state index contributed by atoms with van der Waals surface area (Å²) in [5.74, 6) is 0.883. The van der Waals surface area contributed by atoms with Gasteiger partial charge in [0.2, 0.25) is 0 Å². The van der Waals surface area contributed by atoms with Crippen LogP contribution in [0.2, 0.25) is 0 Å². The Balaban J connectivity index is 1.87. The van der Waals surface area contributed by atoms with Crippen molar-refractivity contribution in [3.05, 3.63) is 29.8 Å². The first-order valence-corrected chi connectivity index (χ1v) is 7.82. The van der Waals surface area contributed by atoms with Gasteiger partial charge in [-0.25, -0.2) is 4.79 Å². The number of nitrogens with zero attached hydrogens (tertiary/aromatic N) is 1. The molecule has 0 aromatic heterocycles. The molecule has 22 heavy (non-hydrogen) atoms. The van der Waals surface area contributed by atoms with Gasteiger partial charge in [0, 0.05) is 19.5 Å². The number of hydrogen-bond acceptors (Lipinski definition) is 3. The van der Waals surface area contributed by atoms with Gasteiger partial charge in [-0.05, 0) is 30.5 Å². The molecular formula is C17H23NO4. The lowest BCUT2D eigenvalue weighted by Crippen LogP contribution is -2.38. The van der Waals surface area contributed by atoms with Gasteiger partial charge in [-0.15, -0.1) is 0 Å². The van der Waals surface area contributed by atoms with Crippen molar-refractivity contribution in [1.82, 2.24) is 4.90 Å². The van der Waals surface area contributed by atoms with Crippen LogP contribution in [0.25, 0.3) is 0 Å². The highest BCUT2D eigenvalue weighted by molar-refractivity contribution is 5.64. The minimum atomic E-state index is -0.900. The van der Waals surface area contributed by atoms with Crippen LogP contribution in [-0.4, -0.2) is 48.5 Å². The number of fused-ring (bicyclic) bond motifs is 1. The Kier molecular flexibility index (Phi) is 4.00. The van der Waals surface area contributed by atoms with E-state index in [0.717, 1.165) is 30.6 Å². The first-order valence-electron chi connectivity index (χ1n) is 7.82. The third-order valence-electron chi connectivity index (χ3n) is 5.02. The van der Waals surface area contributed by atoms with E-state index in [0.29, 0.717) is 6.54 Å². The maximum Gasteiger partial charge on any atom is 0.407 e. The third-order valence-corrected chi connectivity index (χ3v) is 5.02. The Morgan fingerprint density at radius 1 is 1.45 bits per heavy atom. The summed E-state index contributed by atoms with van der Waals surface area (Å²) in [6.45, 7) is 0.457. The van der Waals surface area contributed by atoms with Crippen LogP contribution in [0.15, 0.2) is 24.3 Å². The van der Waals surface area contributed by atoms with Crippen molar-refractivity contribution < 1.29 is 19.4 Å². The molecule has 1 saturated carbocycles. The SMILES string of the molecule is COc1ccc([C@H](CN(C)C(=O)O)C23CCCCC2O3)cc1. The summed E-state index contributed by atoms with van der Waals surface area (Å²) in [6.07, 6.45) is 3.85. The molecule has 1 saturated heterocycles. The average molecular weight is 305 g/mol. The highest BCUT2D eigenvalue weighted by atomic mass is 16.6. The fourth-order valence-electron chi connectivity index (χ4n) is 3.70. The molecule has 0 bridgehead atoms. The van der Waals surface area contributed by atoms with E-state index in [2.05, 4.69) is 0 Å². The zero-order valence-electron chi connectivity index (χ0n) is 13.1. The van der Waals surface area contributed by atoms with Crippen molar-refractivity contribution in [1.29, 1.82) is 0 Å². The van der Waals surface area contributed by atoms with Crippen LogP contribution in [0.5, 0.6) is 5.75 Å². The first kappa shape index (κ1) is 15.2. The van der Waals surface area contributed by atoms with E-state index in [9.17, 15) is 9.90 Å². The number of rotatable bonds is 5. The van der Waals surface area contributed by atoms with Gasteiger partial charge >= 0.3 is 6.09 Å². The third kappa shape index (κ3) is 2.65. The van der Waals surface area contributed by atoms with Gasteiger partial charge in [0.15, 0.2) is 0 Å². The van der Waals surface area contributed by atoms with Crippen molar-refractivity contribution in [2.45, 2.75) is 43.3 Å². The summed E-state index contributed by atoms with van der Waals surface area (Å²) < 4.78 is 11.3. The predicted molar refractivity (Wildman–Crippen MR) is 82.5 cm³/mol. The van der Waals surface area contributed by atoms with E-state index >= 15 is 0 Å². The Hall–Kier alpha value is -1.75. The second-order valence-corrected chi connectivity index (χ2v) is 6.30.